The minimum Gasteiger partial charge on any atom is -0.313 e. The van der Waals surface area contributed by atoms with Crippen LogP contribution in [0.5, 0.6) is 0 Å². The van der Waals surface area contributed by atoms with E-state index in [2.05, 4.69) is 24.4 Å². The molecule has 0 bridgehead atoms. The van der Waals surface area contributed by atoms with Gasteiger partial charge in [0, 0.05) is 22.2 Å². The summed E-state index contributed by atoms with van der Waals surface area (Å²) in [6, 6.07) is 13.8. The first kappa shape index (κ1) is 14.4. The first-order valence-corrected chi connectivity index (χ1v) is 7.22. The van der Waals surface area contributed by atoms with E-state index in [1.54, 1.807) is 0 Å². The van der Waals surface area contributed by atoms with Gasteiger partial charge >= 0.3 is 0 Å². The van der Waals surface area contributed by atoms with Gasteiger partial charge in [0.05, 0.1) is 0 Å². The van der Waals surface area contributed by atoms with Crippen LogP contribution in [-0.2, 0) is 6.54 Å². The molecule has 0 atom stereocenters. The number of hydrogen-bond donors (Lipinski definition) is 1. The van der Waals surface area contributed by atoms with Crippen molar-refractivity contribution in [2.45, 2.75) is 19.9 Å². The number of rotatable bonds is 5. The second-order valence-corrected chi connectivity index (χ2v) is 5.30. The predicted molar refractivity (Wildman–Crippen MR) is 83.9 cm³/mol. The fourth-order valence-electron chi connectivity index (χ4n) is 2.04. The van der Waals surface area contributed by atoms with Crippen molar-refractivity contribution in [2.75, 3.05) is 6.54 Å². The Hall–Kier alpha value is -1.02. The lowest BCUT2D eigenvalue weighted by molar-refractivity contribution is 0.676. The zero-order chi connectivity index (χ0) is 13.7. The Balaban J connectivity index is 2.35. The molecule has 0 aliphatic rings. The Morgan fingerprint density at radius 2 is 1.79 bits per heavy atom. The van der Waals surface area contributed by atoms with Crippen LogP contribution in [0.15, 0.2) is 42.5 Å². The van der Waals surface area contributed by atoms with E-state index in [0.29, 0.717) is 5.02 Å². The maximum atomic E-state index is 6.28. The van der Waals surface area contributed by atoms with Gasteiger partial charge in [-0.05, 0) is 42.3 Å². The molecule has 2 aromatic carbocycles. The summed E-state index contributed by atoms with van der Waals surface area (Å²) >= 11 is 12.4. The van der Waals surface area contributed by atoms with Gasteiger partial charge in [0.2, 0.25) is 0 Å². The van der Waals surface area contributed by atoms with Gasteiger partial charge in [-0.3, -0.25) is 0 Å². The first-order valence-electron chi connectivity index (χ1n) is 6.46. The van der Waals surface area contributed by atoms with Gasteiger partial charge in [-0.15, -0.1) is 0 Å². The highest BCUT2D eigenvalue weighted by Crippen LogP contribution is 2.32. The summed E-state index contributed by atoms with van der Waals surface area (Å²) in [5.74, 6) is 0. The molecular formula is C16H17Cl2N. The molecule has 0 fully saturated rings. The average molecular weight is 294 g/mol. The van der Waals surface area contributed by atoms with Crippen LogP contribution in [-0.4, -0.2) is 6.54 Å². The third-order valence-electron chi connectivity index (χ3n) is 2.98. The summed E-state index contributed by atoms with van der Waals surface area (Å²) in [5.41, 5.74) is 3.36. The Morgan fingerprint density at radius 1 is 1.00 bits per heavy atom. The topological polar surface area (TPSA) is 12.0 Å². The van der Waals surface area contributed by atoms with Crippen molar-refractivity contribution >= 4 is 23.2 Å². The summed E-state index contributed by atoms with van der Waals surface area (Å²) < 4.78 is 0. The predicted octanol–water partition coefficient (Wildman–Crippen LogP) is 5.16. The maximum absolute atomic E-state index is 6.28. The van der Waals surface area contributed by atoms with Crippen LogP contribution < -0.4 is 5.32 Å². The van der Waals surface area contributed by atoms with Crippen molar-refractivity contribution in [3.63, 3.8) is 0 Å². The maximum Gasteiger partial charge on any atom is 0.0485 e. The zero-order valence-corrected chi connectivity index (χ0v) is 12.4. The molecule has 0 heterocycles. The molecular weight excluding hydrogens is 277 g/mol. The van der Waals surface area contributed by atoms with Gasteiger partial charge in [0.15, 0.2) is 0 Å². The monoisotopic (exact) mass is 293 g/mol. The summed E-state index contributed by atoms with van der Waals surface area (Å²) in [6.45, 7) is 4.01. The summed E-state index contributed by atoms with van der Waals surface area (Å²) in [6.07, 6.45) is 1.13. The van der Waals surface area contributed by atoms with E-state index in [1.165, 1.54) is 5.56 Å². The molecule has 2 aromatic rings. The fourth-order valence-corrected chi connectivity index (χ4v) is 2.43. The van der Waals surface area contributed by atoms with Gasteiger partial charge in [-0.25, -0.2) is 0 Å². The quantitative estimate of drug-likeness (QED) is 0.751. The smallest absolute Gasteiger partial charge is 0.0485 e. The summed E-state index contributed by atoms with van der Waals surface area (Å²) in [7, 11) is 0. The third kappa shape index (κ3) is 3.73. The molecule has 0 aromatic heterocycles. The third-order valence-corrected chi connectivity index (χ3v) is 3.54. The van der Waals surface area contributed by atoms with Gasteiger partial charge in [-0.2, -0.15) is 0 Å². The second kappa shape index (κ2) is 6.95. The molecule has 0 aliphatic carbocycles. The molecule has 3 heteroatoms. The van der Waals surface area contributed by atoms with Gasteiger partial charge < -0.3 is 5.32 Å². The Bertz CT molecular complexity index is 552. The number of benzene rings is 2. The largest absolute Gasteiger partial charge is 0.313 e. The lowest BCUT2D eigenvalue weighted by atomic mass is 9.99. The second-order valence-electron chi connectivity index (χ2n) is 4.46. The number of halogens is 2. The first-order chi connectivity index (χ1) is 9.22. The van der Waals surface area contributed by atoms with E-state index in [9.17, 15) is 0 Å². The van der Waals surface area contributed by atoms with Gasteiger partial charge in [0.1, 0.15) is 0 Å². The minimum atomic E-state index is 0.704. The van der Waals surface area contributed by atoms with Crippen LogP contribution >= 0.6 is 23.2 Å². The van der Waals surface area contributed by atoms with E-state index in [1.807, 2.05) is 30.3 Å². The Morgan fingerprint density at radius 3 is 2.58 bits per heavy atom. The molecule has 1 N–H and O–H groups in total. The lowest BCUT2D eigenvalue weighted by Crippen LogP contribution is -2.14. The molecule has 0 unspecified atom stereocenters. The Labute approximate surface area is 124 Å². The van der Waals surface area contributed by atoms with E-state index in [-0.39, 0.29) is 0 Å². The summed E-state index contributed by atoms with van der Waals surface area (Å²) in [5, 5.41) is 4.85. The standard InChI is InChI=1S/C16H17Cl2N/c1-2-9-19-11-12-5-3-4-6-14(12)15-10-13(17)7-8-16(15)18/h3-8,10,19H,2,9,11H2,1H3. The van der Waals surface area contributed by atoms with Crippen LogP contribution in [0.3, 0.4) is 0 Å². The highest BCUT2D eigenvalue weighted by Gasteiger charge is 2.08. The molecule has 0 amide bonds. The lowest BCUT2D eigenvalue weighted by Gasteiger charge is -2.12. The van der Waals surface area contributed by atoms with Crippen molar-refractivity contribution in [3.8, 4) is 11.1 Å². The normalized spacial score (nSPS) is 10.7. The zero-order valence-electron chi connectivity index (χ0n) is 10.9. The van der Waals surface area contributed by atoms with Gasteiger partial charge in [0.25, 0.3) is 0 Å². The van der Waals surface area contributed by atoms with E-state index in [0.717, 1.165) is 35.7 Å². The van der Waals surface area contributed by atoms with Crippen LogP contribution in [0.1, 0.15) is 18.9 Å². The van der Waals surface area contributed by atoms with Crippen LogP contribution in [0.4, 0.5) is 0 Å². The van der Waals surface area contributed by atoms with Crippen molar-refractivity contribution in [1.82, 2.24) is 5.32 Å². The molecule has 0 saturated carbocycles. The van der Waals surface area contributed by atoms with Crippen molar-refractivity contribution in [1.29, 1.82) is 0 Å². The molecule has 0 aliphatic heterocycles. The van der Waals surface area contributed by atoms with Crippen LogP contribution in [0, 0.1) is 0 Å². The SMILES string of the molecule is CCCNCc1ccccc1-c1cc(Cl)ccc1Cl. The van der Waals surface area contributed by atoms with Crippen molar-refractivity contribution in [2.24, 2.45) is 0 Å². The molecule has 1 nitrogen and oxygen atoms in total. The van der Waals surface area contributed by atoms with Crippen molar-refractivity contribution < 1.29 is 0 Å². The minimum absolute atomic E-state index is 0.704. The average Bonchev–Trinajstić information content (AvgIpc) is 2.42. The molecule has 2 rings (SSSR count). The molecule has 100 valence electrons. The highest BCUT2D eigenvalue weighted by molar-refractivity contribution is 6.35. The molecule has 19 heavy (non-hydrogen) atoms. The van der Waals surface area contributed by atoms with E-state index < -0.39 is 0 Å². The van der Waals surface area contributed by atoms with E-state index >= 15 is 0 Å². The molecule has 0 radical (unpaired) electrons. The molecule has 0 spiro atoms. The van der Waals surface area contributed by atoms with E-state index in [4.69, 9.17) is 23.2 Å². The Kier molecular flexibility index (Phi) is 5.26. The molecule has 0 saturated heterocycles. The number of hydrogen-bond acceptors (Lipinski definition) is 1. The van der Waals surface area contributed by atoms with Crippen LogP contribution in [0.2, 0.25) is 10.0 Å². The highest BCUT2D eigenvalue weighted by atomic mass is 35.5. The number of nitrogens with one attached hydrogen (secondary N) is 1. The van der Waals surface area contributed by atoms with Gasteiger partial charge in [-0.1, -0.05) is 54.4 Å². The van der Waals surface area contributed by atoms with Crippen molar-refractivity contribution in [3.05, 3.63) is 58.1 Å². The summed E-state index contributed by atoms with van der Waals surface area (Å²) in [4.78, 5) is 0. The van der Waals surface area contributed by atoms with Crippen LogP contribution in [0.25, 0.3) is 11.1 Å². The fraction of sp³-hybridized carbons (Fsp3) is 0.250.